The molecular formula is C17H14NO7S-. The molecule has 0 aliphatic carbocycles. The molecule has 0 spiro atoms. The quantitative estimate of drug-likeness (QED) is 0.305. The average molecular weight is 376 g/mol. The second kappa shape index (κ2) is 7.79. The Bertz CT molecular complexity index is 948. The van der Waals surface area contributed by atoms with Crippen LogP contribution in [0.15, 0.2) is 59.5 Å². The van der Waals surface area contributed by atoms with Crippen LogP contribution in [0.4, 0.5) is 0 Å². The second-order valence-electron chi connectivity index (χ2n) is 5.30. The van der Waals surface area contributed by atoms with Gasteiger partial charge in [0.1, 0.15) is 6.61 Å². The van der Waals surface area contributed by atoms with Crippen LogP contribution in [0.5, 0.6) is 0 Å². The lowest BCUT2D eigenvalue weighted by atomic mass is 9.95. The third-order valence-corrected chi connectivity index (χ3v) is 4.64. The Hall–Kier alpha value is -3.20. The molecule has 2 aromatic carbocycles. The van der Waals surface area contributed by atoms with Crippen molar-refractivity contribution in [2.75, 3.05) is 12.9 Å². The minimum Gasteiger partial charge on any atom is -0.545 e. The molecule has 0 heterocycles. The Morgan fingerprint density at radius 3 is 2.08 bits per heavy atom. The number of sulfone groups is 1. The van der Waals surface area contributed by atoms with E-state index in [1.807, 2.05) is 0 Å². The van der Waals surface area contributed by atoms with Gasteiger partial charge in [-0.15, -0.1) is 10.1 Å². The molecule has 26 heavy (non-hydrogen) atoms. The predicted octanol–water partition coefficient (Wildman–Crippen LogP) is 0.959. The van der Waals surface area contributed by atoms with E-state index >= 15 is 0 Å². The molecule has 9 heteroatoms. The van der Waals surface area contributed by atoms with Gasteiger partial charge in [0.05, 0.1) is 10.9 Å². The summed E-state index contributed by atoms with van der Waals surface area (Å²) in [4.78, 5) is 26.7. The predicted molar refractivity (Wildman–Crippen MR) is 90.8 cm³/mol. The van der Waals surface area contributed by atoms with Crippen LogP contribution < -0.4 is 5.11 Å². The number of hydrogen-bond donors (Lipinski definition) is 0. The summed E-state index contributed by atoms with van der Waals surface area (Å²) in [5, 5.41) is 21.2. The number of nitrogens with zero attached hydrogens (tertiary/aromatic N) is 1. The molecule has 136 valence electrons. The first-order chi connectivity index (χ1) is 12.2. The SMILES string of the molecule is CS(=O)(=O)c1ccc(/C(CO[N+](=O)[O-])=C(/C(=O)[O-])c2ccccc2)cc1. The summed E-state index contributed by atoms with van der Waals surface area (Å²) in [6, 6.07) is 13.2. The van der Waals surface area contributed by atoms with Crippen LogP contribution in [0, 0.1) is 10.1 Å². The van der Waals surface area contributed by atoms with Crippen LogP contribution in [0.25, 0.3) is 11.1 Å². The zero-order valence-corrected chi connectivity index (χ0v) is 14.4. The molecule has 0 N–H and O–H groups in total. The molecule has 2 aromatic rings. The van der Waals surface area contributed by atoms with Crippen molar-refractivity contribution in [2.24, 2.45) is 0 Å². The van der Waals surface area contributed by atoms with Gasteiger partial charge in [0, 0.05) is 11.8 Å². The van der Waals surface area contributed by atoms with Crippen molar-refractivity contribution in [1.82, 2.24) is 0 Å². The summed E-state index contributed by atoms with van der Waals surface area (Å²) in [6.45, 7) is -0.635. The lowest BCUT2D eigenvalue weighted by Crippen LogP contribution is -2.25. The fourth-order valence-electron chi connectivity index (χ4n) is 2.34. The Morgan fingerprint density at radius 1 is 1.04 bits per heavy atom. The third kappa shape index (κ3) is 4.67. The minimum absolute atomic E-state index is 0.00653. The molecule has 0 bridgehead atoms. The van der Waals surface area contributed by atoms with E-state index in [9.17, 15) is 28.4 Å². The number of carboxylic acids is 1. The van der Waals surface area contributed by atoms with Gasteiger partial charge in [0.2, 0.25) is 0 Å². The first-order valence-electron chi connectivity index (χ1n) is 7.28. The van der Waals surface area contributed by atoms with Crippen molar-refractivity contribution in [3.8, 4) is 0 Å². The molecule has 0 aliphatic heterocycles. The maximum absolute atomic E-state index is 11.7. The zero-order chi connectivity index (χ0) is 19.3. The highest BCUT2D eigenvalue weighted by Gasteiger charge is 2.16. The highest BCUT2D eigenvalue weighted by molar-refractivity contribution is 7.90. The summed E-state index contributed by atoms with van der Waals surface area (Å²) >= 11 is 0. The molecule has 8 nitrogen and oxygen atoms in total. The maximum Gasteiger partial charge on any atom is 0.294 e. The molecule has 0 saturated carbocycles. The molecule has 0 radical (unpaired) electrons. The van der Waals surface area contributed by atoms with Crippen molar-refractivity contribution in [3.63, 3.8) is 0 Å². The fraction of sp³-hybridized carbons (Fsp3) is 0.118. The van der Waals surface area contributed by atoms with Crippen molar-refractivity contribution < 1.29 is 28.2 Å². The van der Waals surface area contributed by atoms with Crippen molar-refractivity contribution >= 4 is 27.0 Å². The van der Waals surface area contributed by atoms with Crippen LogP contribution in [0.1, 0.15) is 11.1 Å². The van der Waals surface area contributed by atoms with Crippen LogP contribution in [-0.4, -0.2) is 32.3 Å². The first kappa shape index (κ1) is 19.1. The smallest absolute Gasteiger partial charge is 0.294 e. The number of carbonyl (C=O) groups is 1. The summed E-state index contributed by atoms with van der Waals surface area (Å²) in [5.41, 5.74) is 0.261. The van der Waals surface area contributed by atoms with Gasteiger partial charge in [-0.25, -0.2) is 8.42 Å². The average Bonchev–Trinajstić information content (AvgIpc) is 2.58. The minimum atomic E-state index is -3.44. The van der Waals surface area contributed by atoms with E-state index in [1.165, 1.54) is 36.4 Å². The first-order valence-corrected chi connectivity index (χ1v) is 9.17. The largest absolute Gasteiger partial charge is 0.545 e. The van der Waals surface area contributed by atoms with Crippen molar-refractivity contribution in [2.45, 2.75) is 4.90 Å². The normalized spacial score (nSPS) is 12.2. The fourth-order valence-corrected chi connectivity index (χ4v) is 2.97. The summed E-state index contributed by atoms with van der Waals surface area (Å²) in [5.74, 6) is -1.54. The summed E-state index contributed by atoms with van der Waals surface area (Å²) < 4.78 is 23.1. The summed E-state index contributed by atoms with van der Waals surface area (Å²) in [6.07, 6.45) is 1.03. The van der Waals surface area contributed by atoms with Gasteiger partial charge in [0.25, 0.3) is 5.09 Å². The van der Waals surface area contributed by atoms with Gasteiger partial charge in [-0.05, 0) is 28.8 Å². The molecule has 0 amide bonds. The molecule has 0 unspecified atom stereocenters. The van der Waals surface area contributed by atoms with Gasteiger partial charge in [-0.2, -0.15) is 0 Å². The van der Waals surface area contributed by atoms with E-state index < -0.39 is 27.5 Å². The number of hydrogen-bond acceptors (Lipinski definition) is 7. The van der Waals surface area contributed by atoms with Crippen LogP contribution in [0.2, 0.25) is 0 Å². The number of aliphatic carboxylic acids is 1. The van der Waals surface area contributed by atoms with Gasteiger partial charge < -0.3 is 14.7 Å². The lowest BCUT2D eigenvalue weighted by molar-refractivity contribution is -0.754. The number of carbonyl (C=O) groups excluding carboxylic acids is 1. The van der Waals surface area contributed by atoms with Crippen molar-refractivity contribution in [3.05, 3.63) is 75.8 Å². The van der Waals surface area contributed by atoms with E-state index in [0.717, 1.165) is 6.26 Å². The van der Waals surface area contributed by atoms with E-state index in [0.29, 0.717) is 0 Å². The highest BCUT2D eigenvalue weighted by atomic mass is 32.2. The van der Waals surface area contributed by atoms with E-state index in [4.69, 9.17) is 0 Å². The molecule has 0 saturated heterocycles. The molecule has 0 aromatic heterocycles. The van der Waals surface area contributed by atoms with Gasteiger partial charge in [0.15, 0.2) is 9.84 Å². The van der Waals surface area contributed by atoms with Gasteiger partial charge >= 0.3 is 0 Å². The van der Waals surface area contributed by atoms with Crippen molar-refractivity contribution in [1.29, 1.82) is 0 Å². The second-order valence-corrected chi connectivity index (χ2v) is 7.32. The molecule has 0 aliphatic rings. The van der Waals surface area contributed by atoms with E-state index in [2.05, 4.69) is 4.84 Å². The Morgan fingerprint density at radius 2 is 1.62 bits per heavy atom. The van der Waals surface area contributed by atoms with Crippen LogP contribution in [0.3, 0.4) is 0 Å². The monoisotopic (exact) mass is 376 g/mol. The van der Waals surface area contributed by atoms with E-state index in [-0.39, 0.29) is 27.2 Å². The molecule has 0 fully saturated rings. The standard InChI is InChI=1S/C17H15NO7S/c1-26(23,24)14-9-7-12(8-10-14)15(11-25-18(21)22)16(17(19)20)13-5-3-2-4-6-13/h2-10H,11H2,1H3,(H,19,20)/p-1/b16-15+. The number of carboxylic acid groups (broad SMARTS) is 1. The highest BCUT2D eigenvalue weighted by Crippen LogP contribution is 2.27. The summed E-state index contributed by atoms with van der Waals surface area (Å²) in [7, 11) is -3.44. The molecule has 2 rings (SSSR count). The zero-order valence-electron chi connectivity index (χ0n) is 13.6. The Balaban J connectivity index is 2.64. The molecular weight excluding hydrogens is 362 g/mol. The Labute approximate surface area is 149 Å². The number of benzene rings is 2. The topological polar surface area (TPSA) is 127 Å². The van der Waals surface area contributed by atoms with Crippen LogP contribution >= 0.6 is 0 Å². The number of rotatable bonds is 7. The molecule has 0 atom stereocenters. The Kier molecular flexibility index (Phi) is 5.73. The van der Waals surface area contributed by atoms with Crippen LogP contribution in [-0.2, 0) is 19.5 Å². The van der Waals surface area contributed by atoms with E-state index in [1.54, 1.807) is 18.2 Å². The lowest BCUT2D eigenvalue weighted by Gasteiger charge is -2.17. The van der Waals surface area contributed by atoms with Gasteiger partial charge in [-0.3, -0.25) is 0 Å². The van der Waals surface area contributed by atoms with Gasteiger partial charge in [-0.1, -0.05) is 42.5 Å². The third-order valence-electron chi connectivity index (χ3n) is 3.51. The maximum atomic E-state index is 11.7.